The molecule has 0 unspecified atom stereocenters. The number of ether oxygens (including phenoxy) is 1. The largest absolute Gasteiger partial charge is 0.393 e. The number of carbonyl (C=O) groups is 1. The summed E-state index contributed by atoms with van der Waals surface area (Å²) in [6.45, 7) is -1.30. The van der Waals surface area contributed by atoms with E-state index in [1.807, 2.05) is 0 Å². The Bertz CT molecular complexity index is 738. The highest BCUT2D eigenvalue weighted by Gasteiger charge is 2.21. The van der Waals surface area contributed by atoms with E-state index in [1.54, 1.807) is 6.21 Å². The van der Waals surface area contributed by atoms with E-state index in [-0.39, 0.29) is 54.5 Å². The minimum absolute atomic E-state index is 0.0298. The van der Waals surface area contributed by atoms with E-state index in [2.05, 4.69) is 35.6 Å². The number of anilines is 1. The number of hydrogen-bond acceptors (Lipinski definition) is 8. The van der Waals surface area contributed by atoms with Crippen molar-refractivity contribution >= 4 is 23.9 Å². The second kappa shape index (κ2) is 12.0. The van der Waals surface area contributed by atoms with Gasteiger partial charge in [-0.15, -0.1) is 0 Å². The van der Waals surface area contributed by atoms with Crippen LogP contribution in [0.3, 0.4) is 0 Å². The van der Waals surface area contributed by atoms with Crippen molar-refractivity contribution in [2.75, 3.05) is 31.6 Å². The van der Waals surface area contributed by atoms with Gasteiger partial charge in [0.2, 0.25) is 5.95 Å². The number of nitrogens with one attached hydrogen (secondary N) is 3. The number of piperidine rings is 1. The standard InChI is InChI=1S/C20H30F2N6O3/c21-19(22)31-9-8-24-20-26-12-16(18(30)27-14-2-1-7-23-11-14)17(28-20)25-10-13-3-5-15(29)6-4-13/h10,12-15,19,23,29H,1-9,11H2,(H,27,30)(H,24,26,28)/b25-10+/t13?,14-,15?/m0/s1. The maximum atomic E-state index is 12.8. The molecule has 0 bridgehead atoms. The van der Waals surface area contributed by atoms with Crippen LogP contribution < -0.4 is 16.0 Å². The first kappa shape index (κ1) is 23.4. The molecule has 0 radical (unpaired) electrons. The van der Waals surface area contributed by atoms with Crippen LogP contribution in [0.5, 0.6) is 0 Å². The van der Waals surface area contributed by atoms with Gasteiger partial charge >= 0.3 is 6.61 Å². The Balaban J connectivity index is 1.70. The summed E-state index contributed by atoms with van der Waals surface area (Å²) in [5, 5.41) is 18.7. The fourth-order valence-electron chi connectivity index (χ4n) is 3.69. The summed E-state index contributed by atoms with van der Waals surface area (Å²) in [5.41, 5.74) is 0.257. The number of nitrogens with zero attached hydrogens (tertiary/aromatic N) is 3. The summed E-state index contributed by atoms with van der Waals surface area (Å²) < 4.78 is 28.4. The van der Waals surface area contributed by atoms with Crippen LogP contribution in [-0.4, -0.2) is 72.2 Å². The quantitative estimate of drug-likeness (QED) is 0.342. The van der Waals surface area contributed by atoms with E-state index in [0.717, 1.165) is 45.1 Å². The van der Waals surface area contributed by atoms with Gasteiger partial charge in [-0.25, -0.2) is 9.98 Å². The number of alkyl halides is 2. The zero-order chi connectivity index (χ0) is 22.1. The topological polar surface area (TPSA) is 121 Å². The van der Waals surface area contributed by atoms with Gasteiger partial charge in [0.1, 0.15) is 5.56 Å². The molecule has 4 N–H and O–H groups in total. The van der Waals surface area contributed by atoms with E-state index in [0.29, 0.717) is 6.54 Å². The van der Waals surface area contributed by atoms with Crippen molar-refractivity contribution < 1.29 is 23.4 Å². The molecule has 3 rings (SSSR count). The summed E-state index contributed by atoms with van der Waals surface area (Å²) in [5.74, 6) is 0.305. The first-order valence-electron chi connectivity index (χ1n) is 10.8. The molecule has 2 heterocycles. The zero-order valence-corrected chi connectivity index (χ0v) is 17.4. The number of carbonyl (C=O) groups excluding carboxylic acids is 1. The Morgan fingerprint density at radius 3 is 2.87 bits per heavy atom. The highest BCUT2D eigenvalue weighted by Crippen LogP contribution is 2.24. The molecule has 9 nitrogen and oxygen atoms in total. The van der Waals surface area contributed by atoms with Crippen molar-refractivity contribution in [2.24, 2.45) is 10.9 Å². The third-order valence-corrected chi connectivity index (χ3v) is 5.42. The van der Waals surface area contributed by atoms with Crippen LogP contribution in [0.25, 0.3) is 0 Å². The molecule has 2 aliphatic rings. The Kier molecular flexibility index (Phi) is 9.04. The molecule has 1 aromatic heterocycles. The first-order valence-corrected chi connectivity index (χ1v) is 10.8. The van der Waals surface area contributed by atoms with Crippen LogP contribution in [0, 0.1) is 5.92 Å². The lowest BCUT2D eigenvalue weighted by Crippen LogP contribution is -2.45. The van der Waals surface area contributed by atoms with Crippen LogP contribution in [0.15, 0.2) is 11.2 Å². The summed E-state index contributed by atoms with van der Waals surface area (Å²) >= 11 is 0. The Morgan fingerprint density at radius 1 is 1.35 bits per heavy atom. The highest BCUT2D eigenvalue weighted by atomic mass is 19.3. The number of amides is 1. The number of aliphatic hydroxyl groups excluding tert-OH is 1. The van der Waals surface area contributed by atoms with Crippen LogP contribution >= 0.6 is 0 Å². The van der Waals surface area contributed by atoms with Crippen molar-refractivity contribution in [2.45, 2.75) is 57.3 Å². The van der Waals surface area contributed by atoms with Crippen molar-refractivity contribution in [1.29, 1.82) is 0 Å². The van der Waals surface area contributed by atoms with E-state index in [4.69, 9.17) is 0 Å². The molecule has 1 amide bonds. The average molecular weight is 440 g/mol. The van der Waals surface area contributed by atoms with Crippen molar-refractivity contribution in [3.63, 3.8) is 0 Å². The molecule has 1 aromatic rings. The van der Waals surface area contributed by atoms with Gasteiger partial charge in [-0.2, -0.15) is 13.8 Å². The van der Waals surface area contributed by atoms with Gasteiger partial charge in [-0.3, -0.25) is 4.79 Å². The lowest BCUT2D eigenvalue weighted by molar-refractivity contribution is -0.125. The monoisotopic (exact) mass is 440 g/mol. The van der Waals surface area contributed by atoms with Gasteiger partial charge in [-0.1, -0.05) is 0 Å². The first-order chi connectivity index (χ1) is 15.0. The van der Waals surface area contributed by atoms with Gasteiger partial charge < -0.3 is 25.8 Å². The highest BCUT2D eigenvalue weighted by molar-refractivity contribution is 5.98. The van der Waals surface area contributed by atoms with E-state index < -0.39 is 6.61 Å². The molecular weight excluding hydrogens is 410 g/mol. The Hall–Kier alpha value is -2.24. The third kappa shape index (κ3) is 7.75. The summed E-state index contributed by atoms with van der Waals surface area (Å²) in [6.07, 6.45) is 7.88. The maximum Gasteiger partial charge on any atom is 0.345 e. The molecular formula is C20H30F2N6O3. The van der Waals surface area contributed by atoms with Crippen molar-refractivity contribution in [3.8, 4) is 0 Å². The molecule has 2 fully saturated rings. The fraction of sp³-hybridized carbons (Fsp3) is 0.700. The maximum absolute atomic E-state index is 12.8. The van der Waals surface area contributed by atoms with Crippen LogP contribution in [0.4, 0.5) is 20.5 Å². The smallest absolute Gasteiger partial charge is 0.345 e. The molecule has 172 valence electrons. The molecule has 1 aliphatic carbocycles. The predicted molar refractivity (Wildman–Crippen MR) is 112 cm³/mol. The molecule has 1 saturated heterocycles. The fourth-order valence-corrected chi connectivity index (χ4v) is 3.69. The van der Waals surface area contributed by atoms with Crippen LogP contribution in [0.1, 0.15) is 48.9 Å². The van der Waals surface area contributed by atoms with Crippen molar-refractivity contribution in [1.82, 2.24) is 20.6 Å². The lowest BCUT2D eigenvalue weighted by atomic mass is 9.88. The average Bonchev–Trinajstić information content (AvgIpc) is 2.77. The number of hydrogen-bond donors (Lipinski definition) is 4. The number of aromatic nitrogens is 2. The summed E-state index contributed by atoms with van der Waals surface area (Å²) in [6, 6.07) is 0.0298. The second-order valence-corrected chi connectivity index (χ2v) is 7.85. The number of aliphatic imine (C=N–C) groups is 1. The van der Waals surface area contributed by atoms with Gasteiger partial charge in [0.05, 0.1) is 12.7 Å². The minimum Gasteiger partial charge on any atom is -0.393 e. The van der Waals surface area contributed by atoms with Crippen LogP contribution in [-0.2, 0) is 4.74 Å². The van der Waals surface area contributed by atoms with Gasteiger partial charge in [-0.05, 0) is 51.0 Å². The summed E-state index contributed by atoms with van der Waals surface area (Å²) in [7, 11) is 0. The Morgan fingerprint density at radius 2 is 2.16 bits per heavy atom. The van der Waals surface area contributed by atoms with Gasteiger partial charge in [0.15, 0.2) is 5.82 Å². The minimum atomic E-state index is -2.84. The third-order valence-electron chi connectivity index (χ3n) is 5.42. The number of halogens is 2. The molecule has 1 saturated carbocycles. The molecule has 31 heavy (non-hydrogen) atoms. The van der Waals surface area contributed by atoms with E-state index >= 15 is 0 Å². The number of aliphatic hydroxyl groups is 1. The van der Waals surface area contributed by atoms with E-state index in [1.165, 1.54) is 6.20 Å². The normalized spacial score (nSPS) is 24.5. The molecule has 1 aliphatic heterocycles. The molecule has 11 heteroatoms. The lowest BCUT2D eigenvalue weighted by Gasteiger charge is -2.24. The zero-order valence-electron chi connectivity index (χ0n) is 17.4. The Labute approximate surface area is 180 Å². The number of rotatable bonds is 9. The molecule has 1 atom stereocenters. The predicted octanol–water partition coefficient (Wildman–Crippen LogP) is 1.86. The second-order valence-electron chi connectivity index (χ2n) is 7.85. The van der Waals surface area contributed by atoms with Crippen LogP contribution in [0.2, 0.25) is 0 Å². The SMILES string of the molecule is O=C(N[C@H]1CCCNC1)c1cnc(NCCOC(F)F)nc1/N=C/C1CCC(O)CC1. The molecule has 0 aromatic carbocycles. The molecule has 0 spiro atoms. The van der Waals surface area contributed by atoms with Gasteiger partial charge in [0, 0.05) is 31.5 Å². The van der Waals surface area contributed by atoms with E-state index in [9.17, 15) is 18.7 Å². The van der Waals surface area contributed by atoms with Crippen molar-refractivity contribution in [3.05, 3.63) is 11.8 Å². The van der Waals surface area contributed by atoms with Gasteiger partial charge in [0.25, 0.3) is 5.91 Å². The summed E-state index contributed by atoms with van der Waals surface area (Å²) in [4.78, 5) is 25.7.